The van der Waals surface area contributed by atoms with Crippen LogP contribution in [0.1, 0.15) is 10.5 Å². The molecule has 90 valence electrons. The lowest BCUT2D eigenvalue weighted by atomic mass is 10.2. The molecule has 5 nitrogen and oxygen atoms in total. The number of aromatic carboxylic acids is 1. The Morgan fingerprint density at radius 3 is 2.89 bits per heavy atom. The van der Waals surface area contributed by atoms with Gasteiger partial charge in [-0.15, -0.1) is 0 Å². The van der Waals surface area contributed by atoms with E-state index in [1.807, 2.05) is 42.1 Å². The molecule has 0 fully saturated rings. The number of aromatic nitrogens is 3. The predicted molar refractivity (Wildman–Crippen MR) is 67.5 cm³/mol. The molecule has 0 bridgehead atoms. The van der Waals surface area contributed by atoms with Crippen LogP contribution in [0, 0.1) is 0 Å². The Labute approximate surface area is 103 Å². The van der Waals surface area contributed by atoms with Crippen LogP contribution in [0.3, 0.4) is 0 Å². The lowest BCUT2D eigenvalue weighted by Gasteiger charge is -1.94. The Balaban J connectivity index is 2.22. The summed E-state index contributed by atoms with van der Waals surface area (Å²) in [5.41, 5.74) is 2.08. The van der Waals surface area contributed by atoms with E-state index in [2.05, 4.69) is 9.97 Å². The number of H-pyrrole nitrogens is 1. The normalized spacial score (nSPS) is 10.9. The average Bonchev–Trinajstić information content (AvgIpc) is 2.95. The van der Waals surface area contributed by atoms with Crippen LogP contribution in [0.4, 0.5) is 0 Å². The number of hydrogen-bond donors (Lipinski definition) is 2. The zero-order chi connectivity index (χ0) is 12.7. The van der Waals surface area contributed by atoms with Gasteiger partial charge in [0.1, 0.15) is 11.5 Å². The Kier molecular flexibility index (Phi) is 2.19. The maximum atomic E-state index is 10.8. The van der Waals surface area contributed by atoms with E-state index in [0.717, 1.165) is 16.5 Å². The first-order valence-electron chi connectivity index (χ1n) is 5.49. The minimum absolute atomic E-state index is 0.0953. The van der Waals surface area contributed by atoms with Crippen LogP contribution in [0.5, 0.6) is 0 Å². The van der Waals surface area contributed by atoms with Gasteiger partial charge in [0.05, 0.1) is 6.20 Å². The van der Waals surface area contributed by atoms with Crippen molar-refractivity contribution >= 4 is 16.9 Å². The number of fused-ring (bicyclic) bond motifs is 1. The van der Waals surface area contributed by atoms with Crippen LogP contribution in [-0.4, -0.2) is 25.6 Å². The summed E-state index contributed by atoms with van der Waals surface area (Å²) in [7, 11) is 1.95. The van der Waals surface area contributed by atoms with E-state index in [1.165, 1.54) is 6.20 Å². The van der Waals surface area contributed by atoms with Gasteiger partial charge < -0.3 is 14.7 Å². The third-order valence-electron chi connectivity index (χ3n) is 2.96. The van der Waals surface area contributed by atoms with Crippen molar-refractivity contribution in [1.29, 1.82) is 0 Å². The van der Waals surface area contributed by atoms with Crippen LogP contribution in [0.25, 0.3) is 22.3 Å². The minimum atomic E-state index is -1.01. The fourth-order valence-corrected chi connectivity index (χ4v) is 2.10. The standard InChI is InChI=1S/C13H11N3O2/c1-16-7-9(8-4-2-3-5-11(8)16)12-14-6-10(15-12)13(17)18/h2-7H,1H3,(H,14,15)(H,17,18). The maximum absolute atomic E-state index is 10.8. The Morgan fingerprint density at radius 1 is 1.39 bits per heavy atom. The summed E-state index contributed by atoms with van der Waals surface area (Å²) in [5.74, 6) is -0.432. The van der Waals surface area contributed by atoms with Crippen molar-refractivity contribution in [2.24, 2.45) is 7.05 Å². The second-order valence-corrected chi connectivity index (χ2v) is 4.12. The van der Waals surface area contributed by atoms with Gasteiger partial charge in [-0.25, -0.2) is 9.78 Å². The van der Waals surface area contributed by atoms with Gasteiger partial charge in [0.25, 0.3) is 0 Å². The molecule has 2 N–H and O–H groups in total. The van der Waals surface area contributed by atoms with E-state index >= 15 is 0 Å². The zero-order valence-electron chi connectivity index (χ0n) is 9.71. The number of carboxylic acids is 1. The van der Waals surface area contributed by atoms with E-state index in [0.29, 0.717) is 5.82 Å². The first kappa shape index (κ1) is 10.6. The molecule has 0 amide bonds. The molecule has 2 heterocycles. The minimum Gasteiger partial charge on any atom is -0.477 e. The molecule has 0 spiro atoms. The van der Waals surface area contributed by atoms with Crippen LogP contribution < -0.4 is 0 Å². The summed E-state index contributed by atoms with van der Waals surface area (Å²) >= 11 is 0. The van der Waals surface area contributed by atoms with Gasteiger partial charge in [0.2, 0.25) is 0 Å². The van der Waals surface area contributed by atoms with Gasteiger partial charge in [0.15, 0.2) is 0 Å². The monoisotopic (exact) mass is 241 g/mol. The van der Waals surface area contributed by atoms with Crippen molar-refractivity contribution in [2.75, 3.05) is 0 Å². The highest BCUT2D eigenvalue weighted by Gasteiger charge is 2.13. The molecule has 0 aliphatic carbocycles. The summed E-state index contributed by atoms with van der Waals surface area (Å²) in [6.07, 6.45) is 3.27. The molecule has 1 aromatic carbocycles. The number of hydrogen-bond acceptors (Lipinski definition) is 2. The second-order valence-electron chi connectivity index (χ2n) is 4.12. The molecule has 3 aromatic rings. The highest BCUT2D eigenvalue weighted by atomic mass is 16.4. The largest absolute Gasteiger partial charge is 0.477 e. The molecule has 0 saturated carbocycles. The summed E-state index contributed by atoms with van der Waals surface area (Å²) in [6, 6.07) is 7.93. The SMILES string of the molecule is Cn1cc(-c2ncc(C(=O)O)[nH]2)c2ccccc21. The number of aryl methyl sites for hydroxylation is 1. The van der Waals surface area contributed by atoms with Gasteiger partial charge >= 0.3 is 5.97 Å². The van der Waals surface area contributed by atoms with E-state index in [1.54, 1.807) is 0 Å². The number of carbonyl (C=O) groups is 1. The predicted octanol–water partition coefficient (Wildman–Crippen LogP) is 2.27. The van der Waals surface area contributed by atoms with Crippen molar-refractivity contribution in [3.8, 4) is 11.4 Å². The van der Waals surface area contributed by atoms with Gasteiger partial charge in [0, 0.05) is 29.7 Å². The van der Waals surface area contributed by atoms with Gasteiger partial charge in [-0.1, -0.05) is 18.2 Å². The number of imidazole rings is 1. The lowest BCUT2D eigenvalue weighted by molar-refractivity contribution is 0.0691. The molecule has 5 heteroatoms. The van der Waals surface area contributed by atoms with Crippen molar-refractivity contribution in [3.05, 3.63) is 42.4 Å². The molecule has 0 aliphatic heterocycles. The Morgan fingerprint density at radius 2 is 2.17 bits per heavy atom. The number of aromatic amines is 1. The highest BCUT2D eigenvalue weighted by molar-refractivity contribution is 5.95. The quantitative estimate of drug-likeness (QED) is 0.723. The number of nitrogens with one attached hydrogen (secondary N) is 1. The third-order valence-corrected chi connectivity index (χ3v) is 2.96. The molecular weight excluding hydrogens is 230 g/mol. The summed E-state index contributed by atoms with van der Waals surface area (Å²) in [4.78, 5) is 17.8. The fraction of sp³-hybridized carbons (Fsp3) is 0.0769. The first-order chi connectivity index (χ1) is 8.66. The fourth-order valence-electron chi connectivity index (χ4n) is 2.10. The van der Waals surface area contributed by atoms with Crippen LogP contribution >= 0.6 is 0 Å². The molecule has 0 atom stereocenters. The van der Waals surface area contributed by atoms with E-state index in [-0.39, 0.29) is 5.69 Å². The van der Waals surface area contributed by atoms with Gasteiger partial charge in [-0.2, -0.15) is 0 Å². The molecule has 3 rings (SSSR count). The Bertz CT molecular complexity index is 740. The molecule has 2 aromatic heterocycles. The first-order valence-corrected chi connectivity index (χ1v) is 5.49. The molecule has 0 aliphatic rings. The van der Waals surface area contributed by atoms with Crippen LogP contribution in [0.15, 0.2) is 36.7 Å². The van der Waals surface area contributed by atoms with Gasteiger partial charge in [-0.3, -0.25) is 0 Å². The van der Waals surface area contributed by atoms with Crippen molar-refractivity contribution in [2.45, 2.75) is 0 Å². The lowest BCUT2D eigenvalue weighted by Crippen LogP contribution is -1.95. The van der Waals surface area contributed by atoms with Crippen LogP contribution in [0.2, 0.25) is 0 Å². The molecule has 0 unspecified atom stereocenters. The average molecular weight is 241 g/mol. The molecular formula is C13H11N3O2. The topological polar surface area (TPSA) is 70.9 Å². The smallest absolute Gasteiger partial charge is 0.353 e. The number of para-hydroxylation sites is 1. The Hall–Kier alpha value is -2.56. The summed E-state index contributed by atoms with van der Waals surface area (Å²) in [6.45, 7) is 0. The number of carboxylic acid groups (broad SMARTS) is 1. The summed E-state index contributed by atoms with van der Waals surface area (Å²) < 4.78 is 1.99. The number of benzene rings is 1. The molecule has 0 radical (unpaired) electrons. The van der Waals surface area contributed by atoms with E-state index in [9.17, 15) is 4.79 Å². The van der Waals surface area contributed by atoms with Crippen molar-refractivity contribution in [3.63, 3.8) is 0 Å². The number of nitrogens with zero attached hydrogens (tertiary/aromatic N) is 2. The highest BCUT2D eigenvalue weighted by Crippen LogP contribution is 2.27. The molecule has 18 heavy (non-hydrogen) atoms. The second kappa shape index (κ2) is 3.73. The van der Waals surface area contributed by atoms with Crippen LogP contribution in [-0.2, 0) is 7.05 Å². The number of rotatable bonds is 2. The zero-order valence-corrected chi connectivity index (χ0v) is 9.71. The van der Waals surface area contributed by atoms with E-state index in [4.69, 9.17) is 5.11 Å². The van der Waals surface area contributed by atoms with E-state index < -0.39 is 5.97 Å². The third kappa shape index (κ3) is 1.48. The molecule has 0 saturated heterocycles. The maximum Gasteiger partial charge on any atom is 0.353 e. The van der Waals surface area contributed by atoms with Crippen molar-refractivity contribution < 1.29 is 9.90 Å². The van der Waals surface area contributed by atoms with Gasteiger partial charge in [-0.05, 0) is 6.07 Å². The summed E-state index contributed by atoms with van der Waals surface area (Å²) in [5, 5.41) is 9.93. The van der Waals surface area contributed by atoms with Crippen molar-refractivity contribution in [1.82, 2.24) is 14.5 Å².